The lowest BCUT2D eigenvalue weighted by Crippen LogP contribution is -2.25. The second kappa shape index (κ2) is 5.93. The highest BCUT2D eigenvalue weighted by Gasteiger charge is 2.25. The van der Waals surface area contributed by atoms with Crippen molar-refractivity contribution in [2.45, 2.75) is 6.42 Å². The van der Waals surface area contributed by atoms with Crippen molar-refractivity contribution in [1.82, 2.24) is 0 Å². The van der Waals surface area contributed by atoms with E-state index in [2.05, 4.69) is 4.90 Å². The molecular formula is C14H21N3O2. The molecule has 1 aliphatic heterocycles. The number of anilines is 1. The number of nitrogen functional groups attached to an aromatic ring is 1. The molecule has 0 radical (unpaired) electrons. The zero-order valence-electron chi connectivity index (χ0n) is 11.5. The Kier molecular flexibility index (Phi) is 4.27. The van der Waals surface area contributed by atoms with Crippen LogP contribution >= 0.6 is 0 Å². The van der Waals surface area contributed by atoms with Crippen LogP contribution in [0.2, 0.25) is 0 Å². The van der Waals surface area contributed by atoms with Crippen LogP contribution in [0, 0.1) is 11.3 Å². The number of ether oxygens (including phenoxy) is 2. The van der Waals surface area contributed by atoms with E-state index in [1.165, 1.54) is 0 Å². The summed E-state index contributed by atoms with van der Waals surface area (Å²) in [5.41, 5.74) is 7.40. The topological polar surface area (TPSA) is 71.6 Å². The zero-order valence-corrected chi connectivity index (χ0v) is 11.5. The largest absolute Gasteiger partial charge is 0.497 e. The molecule has 1 aromatic carbocycles. The fourth-order valence-electron chi connectivity index (χ4n) is 2.55. The standard InChI is InChI=1S/C14H21N3O2/c1-18-9-10-5-6-17(8-10)13-7-11(19-2)3-4-12(13)14(15)16/h3-4,7,10H,5-6,8-9H2,1-2H3,(H3,15,16). The van der Waals surface area contributed by atoms with Crippen molar-refractivity contribution in [1.29, 1.82) is 5.41 Å². The van der Waals surface area contributed by atoms with E-state index in [-0.39, 0.29) is 5.84 Å². The SMILES string of the molecule is COCC1CCN(c2cc(OC)ccc2C(=N)N)C1. The van der Waals surface area contributed by atoms with Crippen molar-refractivity contribution in [3.8, 4) is 5.75 Å². The van der Waals surface area contributed by atoms with E-state index in [0.29, 0.717) is 5.92 Å². The van der Waals surface area contributed by atoms with E-state index in [1.807, 2.05) is 18.2 Å². The van der Waals surface area contributed by atoms with Crippen molar-refractivity contribution in [2.75, 3.05) is 38.8 Å². The zero-order chi connectivity index (χ0) is 13.8. The molecule has 1 atom stereocenters. The van der Waals surface area contributed by atoms with Crippen LogP contribution in [0.25, 0.3) is 0 Å². The maximum Gasteiger partial charge on any atom is 0.124 e. The third-order valence-electron chi connectivity index (χ3n) is 3.52. The fraction of sp³-hybridized carbons (Fsp3) is 0.500. The fourth-order valence-corrected chi connectivity index (χ4v) is 2.55. The quantitative estimate of drug-likeness (QED) is 0.623. The lowest BCUT2D eigenvalue weighted by molar-refractivity contribution is 0.161. The van der Waals surface area contributed by atoms with E-state index in [4.69, 9.17) is 20.6 Å². The summed E-state index contributed by atoms with van der Waals surface area (Å²) < 4.78 is 10.5. The third kappa shape index (κ3) is 2.98. The van der Waals surface area contributed by atoms with E-state index < -0.39 is 0 Å². The first-order chi connectivity index (χ1) is 9.15. The van der Waals surface area contributed by atoms with Gasteiger partial charge in [0.05, 0.1) is 19.4 Å². The maximum absolute atomic E-state index is 7.68. The van der Waals surface area contributed by atoms with Crippen molar-refractivity contribution >= 4 is 11.5 Å². The van der Waals surface area contributed by atoms with Gasteiger partial charge in [0.1, 0.15) is 11.6 Å². The molecule has 2 rings (SSSR count). The molecule has 1 saturated heterocycles. The Balaban J connectivity index is 2.25. The molecular weight excluding hydrogens is 242 g/mol. The van der Waals surface area contributed by atoms with Crippen LogP contribution < -0.4 is 15.4 Å². The normalized spacial score (nSPS) is 18.6. The van der Waals surface area contributed by atoms with E-state index >= 15 is 0 Å². The molecule has 104 valence electrons. The van der Waals surface area contributed by atoms with Gasteiger partial charge in [-0.15, -0.1) is 0 Å². The van der Waals surface area contributed by atoms with Gasteiger partial charge in [-0.25, -0.2) is 0 Å². The van der Waals surface area contributed by atoms with Gasteiger partial charge in [-0.2, -0.15) is 0 Å². The Hall–Kier alpha value is -1.75. The molecule has 5 heteroatoms. The molecule has 3 N–H and O–H groups in total. The molecule has 1 aromatic rings. The maximum atomic E-state index is 7.68. The third-order valence-corrected chi connectivity index (χ3v) is 3.52. The molecule has 1 unspecified atom stereocenters. The van der Waals surface area contributed by atoms with Gasteiger partial charge in [0.2, 0.25) is 0 Å². The minimum Gasteiger partial charge on any atom is -0.497 e. The van der Waals surface area contributed by atoms with Gasteiger partial charge in [-0.3, -0.25) is 5.41 Å². The summed E-state index contributed by atoms with van der Waals surface area (Å²) in [6.07, 6.45) is 1.10. The van der Waals surface area contributed by atoms with Gasteiger partial charge in [0.15, 0.2) is 0 Å². The average molecular weight is 263 g/mol. The molecule has 1 heterocycles. The predicted molar refractivity (Wildman–Crippen MR) is 76.2 cm³/mol. The van der Waals surface area contributed by atoms with Gasteiger partial charge in [0, 0.05) is 37.7 Å². The van der Waals surface area contributed by atoms with Gasteiger partial charge in [-0.1, -0.05) is 0 Å². The van der Waals surface area contributed by atoms with Crippen LogP contribution in [0.3, 0.4) is 0 Å². The summed E-state index contributed by atoms with van der Waals surface area (Å²) in [6.45, 7) is 2.67. The number of rotatable bonds is 5. The summed E-state index contributed by atoms with van der Waals surface area (Å²) in [5, 5.41) is 7.68. The smallest absolute Gasteiger partial charge is 0.124 e. The number of benzene rings is 1. The number of nitrogens with zero attached hydrogens (tertiary/aromatic N) is 1. The lowest BCUT2D eigenvalue weighted by Gasteiger charge is -2.22. The van der Waals surface area contributed by atoms with Gasteiger partial charge in [0.25, 0.3) is 0 Å². The van der Waals surface area contributed by atoms with Crippen molar-refractivity contribution < 1.29 is 9.47 Å². The number of hydrogen-bond donors (Lipinski definition) is 2. The molecule has 19 heavy (non-hydrogen) atoms. The number of nitrogens with two attached hydrogens (primary N) is 1. The molecule has 1 aliphatic rings. The molecule has 0 amide bonds. The first kappa shape index (κ1) is 13.7. The Labute approximate surface area is 113 Å². The van der Waals surface area contributed by atoms with Crippen LogP contribution in [0.5, 0.6) is 5.75 Å². The average Bonchev–Trinajstić information content (AvgIpc) is 2.87. The summed E-state index contributed by atoms with van der Waals surface area (Å²) in [5.74, 6) is 1.42. The molecule has 0 spiro atoms. The second-order valence-corrected chi connectivity index (χ2v) is 4.85. The van der Waals surface area contributed by atoms with Crippen LogP contribution in [-0.2, 0) is 4.74 Å². The highest BCUT2D eigenvalue weighted by Crippen LogP contribution is 2.30. The summed E-state index contributed by atoms with van der Waals surface area (Å²) in [6, 6.07) is 5.63. The highest BCUT2D eigenvalue weighted by molar-refractivity contribution is 6.00. The molecule has 0 bridgehead atoms. The molecule has 0 aliphatic carbocycles. The van der Waals surface area contributed by atoms with Gasteiger partial charge >= 0.3 is 0 Å². The summed E-state index contributed by atoms with van der Waals surface area (Å²) >= 11 is 0. The molecule has 1 fully saturated rings. The van der Waals surface area contributed by atoms with Crippen molar-refractivity contribution in [3.63, 3.8) is 0 Å². The van der Waals surface area contributed by atoms with Gasteiger partial charge in [-0.05, 0) is 18.6 Å². The van der Waals surface area contributed by atoms with Crippen LogP contribution in [0.4, 0.5) is 5.69 Å². The number of amidine groups is 1. The van der Waals surface area contributed by atoms with E-state index in [1.54, 1.807) is 14.2 Å². The second-order valence-electron chi connectivity index (χ2n) is 4.85. The number of methoxy groups -OCH3 is 2. The molecule has 0 aromatic heterocycles. The first-order valence-corrected chi connectivity index (χ1v) is 6.42. The van der Waals surface area contributed by atoms with Crippen molar-refractivity contribution in [3.05, 3.63) is 23.8 Å². The van der Waals surface area contributed by atoms with Crippen LogP contribution in [0.15, 0.2) is 18.2 Å². The summed E-state index contributed by atoms with van der Waals surface area (Å²) in [4.78, 5) is 2.25. The van der Waals surface area contributed by atoms with Gasteiger partial charge < -0.3 is 20.1 Å². The number of nitrogens with one attached hydrogen (secondary N) is 1. The first-order valence-electron chi connectivity index (χ1n) is 6.42. The Morgan fingerprint density at radius 1 is 1.47 bits per heavy atom. The monoisotopic (exact) mass is 263 g/mol. The lowest BCUT2D eigenvalue weighted by atomic mass is 10.1. The van der Waals surface area contributed by atoms with Crippen LogP contribution in [-0.4, -0.2) is 39.8 Å². The predicted octanol–water partition coefficient (Wildman–Crippen LogP) is 1.45. The molecule has 0 saturated carbocycles. The minimum absolute atomic E-state index is 0.0906. The summed E-state index contributed by atoms with van der Waals surface area (Å²) in [7, 11) is 3.37. The Bertz CT molecular complexity index is 462. The van der Waals surface area contributed by atoms with Crippen molar-refractivity contribution in [2.24, 2.45) is 11.7 Å². The minimum atomic E-state index is 0.0906. The Morgan fingerprint density at radius 3 is 2.89 bits per heavy atom. The number of hydrogen-bond acceptors (Lipinski definition) is 4. The van der Waals surface area contributed by atoms with E-state index in [0.717, 1.165) is 43.1 Å². The Morgan fingerprint density at radius 2 is 2.26 bits per heavy atom. The highest BCUT2D eigenvalue weighted by atomic mass is 16.5. The van der Waals surface area contributed by atoms with Crippen LogP contribution in [0.1, 0.15) is 12.0 Å². The molecule has 5 nitrogen and oxygen atoms in total. The van der Waals surface area contributed by atoms with E-state index in [9.17, 15) is 0 Å².